The van der Waals surface area contributed by atoms with Gasteiger partial charge in [-0.3, -0.25) is 0 Å². The van der Waals surface area contributed by atoms with E-state index in [0.717, 1.165) is 23.0 Å². The van der Waals surface area contributed by atoms with Gasteiger partial charge in [0.1, 0.15) is 0 Å². The zero-order valence-electron chi connectivity index (χ0n) is 11.2. The average Bonchev–Trinajstić information content (AvgIpc) is 3.14. The van der Waals surface area contributed by atoms with Crippen LogP contribution in [-0.4, -0.2) is 26.8 Å². The van der Waals surface area contributed by atoms with Crippen molar-refractivity contribution in [1.82, 2.24) is 25.5 Å². The fourth-order valence-electron chi connectivity index (χ4n) is 1.88. The predicted molar refractivity (Wildman–Crippen MR) is 84.3 cm³/mol. The van der Waals surface area contributed by atoms with Crippen molar-refractivity contribution in [2.24, 2.45) is 0 Å². The van der Waals surface area contributed by atoms with Crippen molar-refractivity contribution in [3.05, 3.63) is 51.7 Å². The highest BCUT2D eigenvalue weighted by molar-refractivity contribution is 7.16. The molecule has 0 aliphatic carbocycles. The lowest BCUT2D eigenvalue weighted by Gasteiger charge is -2.01. The van der Waals surface area contributed by atoms with Gasteiger partial charge in [0.25, 0.3) is 0 Å². The molecular formula is C14H14ClN5S. The molecule has 0 bridgehead atoms. The fourth-order valence-corrected chi connectivity index (χ4v) is 2.94. The van der Waals surface area contributed by atoms with Crippen LogP contribution in [-0.2, 0) is 13.1 Å². The smallest absolute Gasteiger partial charge is 0.204 e. The molecule has 0 unspecified atom stereocenters. The number of hydrogen-bond donors (Lipinski definition) is 1. The molecule has 2 heterocycles. The number of rotatable bonds is 6. The van der Waals surface area contributed by atoms with Gasteiger partial charge >= 0.3 is 0 Å². The molecule has 2 aromatic heterocycles. The molecule has 0 amide bonds. The summed E-state index contributed by atoms with van der Waals surface area (Å²) in [6.45, 7) is 2.26. The third-order valence-electron chi connectivity index (χ3n) is 2.90. The Balaban J connectivity index is 1.49. The first-order valence-electron chi connectivity index (χ1n) is 6.59. The van der Waals surface area contributed by atoms with Crippen LogP contribution in [0.25, 0.3) is 11.4 Å². The summed E-state index contributed by atoms with van der Waals surface area (Å²) in [5.41, 5.74) is 0.977. The van der Waals surface area contributed by atoms with Crippen LogP contribution in [0.4, 0.5) is 0 Å². The maximum absolute atomic E-state index is 5.89. The largest absolute Gasteiger partial charge is 0.310 e. The standard InChI is InChI=1S/C14H14ClN5S/c15-13-7-6-12(21-13)10-16-8-9-20-18-14(17-19-20)11-4-2-1-3-5-11/h1-7,16H,8-10H2. The molecule has 5 nitrogen and oxygen atoms in total. The molecule has 0 saturated carbocycles. The van der Waals surface area contributed by atoms with Gasteiger partial charge in [0.15, 0.2) is 0 Å². The molecule has 0 fully saturated rings. The topological polar surface area (TPSA) is 55.6 Å². The summed E-state index contributed by atoms with van der Waals surface area (Å²) in [5.74, 6) is 0.653. The Labute approximate surface area is 131 Å². The summed E-state index contributed by atoms with van der Waals surface area (Å²) in [6, 6.07) is 13.8. The van der Waals surface area contributed by atoms with Crippen molar-refractivity contribution in [1.29, 1.82) is 0 Å². The second kappa shape index (κ2) is 6.80. The van der Waals surface area contributed by atoms with Gasteiger partial charge in [0.05, 0.1) is 10.9 Å². The first-order valence-corrected chi connectivity index (χ1v) is 7.79. The predicted octanol–water partition coefficient (Wildman–Crippen LogP) is 2.84. The van der Waals surface area contributed by atoms with E-state index in [2.05, 4.69) is 20.7 Å². The average molecular weight is 320 g/mol. The summed E-state index contributed by atoms with van der Waals surface area (Å²) < 4.78 is 0.817. The zero-order valence-corrected chi connectivity index (χ0v) is 12.8. The van der Waals surface area contributed by atoms with Gasteiger partial charge < -0.3 is 5.32 Å². The van der Waals surface area contributed by atoms with Crippen molar-refractivity contribution in [2.75, 3.05) is 6.54 Å². The second-order valence-electron chi connectivity index (χ2n) is 4.46. The molecule has 1 aromatic carbocycles. The highest BCUT2D eigenvalue weighted by Gasteiger charge is 2.04. The SMILES string of the molecule is Clc1ccc(CNCCn2nnc(-c3ccccc3)n2)s1. The number of nitrogens with zero attached hydrogens (tertiary/aromatic N) is 4. The van der Waals surface area contributed by atoms with E-state index in [1.54, 1.807) is 16.1 Å². The Morgan fingerprint density at radius 2 is 2.00 bits per heavy atom. The Kier molecular flexibility index (Phi) is 4.59. The van der Waals surface area contributed by atoms with E-state index in [0.29, 0.717) is 12.4 Å². The van der Waals surface area contributed by atoms with Crippen molar-refractivity contribution >= 4 is 22.9 Å². The van der Waals surface area contributed by atoms with E-state index in [1.165, 1.54) is 4.88 Å². The Morgan fingerprint density at radius 1 is 1.14 bits per heavy atom. The second-order valence-corrected chi connectivity index (χ2v) is 6.26. The quantitative estimate of drug-likeness (QED) is 0.710. The van der Waals surface area contributed by atoms with Gasteiger partial charge in [-0.05, 0) is 17.3 Å². The van der Waals surface area contributed by atoms with E-state index >= 15 is 0 Å². The van der Waals surface area contributed by atoms with Crippen LogP contribution in [0.2, 0.25) is 4.34 Å². The van der Waals surface area contributed by atoms with E-state index in [-0.39, 0.29) is 0 Å². The van der Waals surface area contributed by atoms with Crippen LogP contribution in [0.5, 0.6) is 0 Å². The molecule has 0 atom stereocenters. The highest BCUT2D eigenvalue weighted by Crippen LogP contribution is 2.20. The van der Waals surface area contributed by atoms with Crippen molar-refractivity contribution < 1.29 is 0 Å². The molecule has 1 N–H and O–H groups in total. The number of hydrogen-bond acceptors (Lipinski definition) is 5. The molecule has 0 radical (unpaired) electrons. The van der Waals surface area contributed by atoms with Crippen molar-refractivity contribution in [3.8, 4) is 11.4 Å². The third kappa shape index (κ3) is 3.87. The van der Waals surface area contributed by atoms with Gasteiger partial charge in [-0.25, -0.2) is 0 Å². The number of benzene rings is 1. The molecule has 0 aliphatic rings. The normalized spacial score (nSPS) is 10.9. The number of nitrogens with one attached hydrogen (secondary N) is 1. The first kappa shape index (κ1) is 14.2. The van der Waals surface area contributed by atoms with Gasteiger partial charge in [-0.2, -0.15) is 4.80 Å². The van der Waals surface area contributed by atoms with Gasteiger partial charge in [0, 0.05) is 23.5 Å². The first-order chi connectivity index (χ1) is 10.3. The number of aromatic nitrogens is 4. The summed E-state index contributed by atoms with van der Waals surface area (Å²) >= 11 is 7.48. The minimum atomic E-state index is 0.653. The maximum atomic E-state index is 5.89. The Hall–Kier alpha value is -1.76. The summed E-state index contributed by atoms with van der Waals surface area (Å²) in [7, 11) is 0. The van der Waals surface area contributed by atoms with E-state index < -0.39 is 0 Å². The molecule has 3 rings (SSSR count). The van der Waals surface area contributed by atoms with E-state index in [9.17, 15) is 0 Å². The van der Waals surface area contributed by atoms with Crippen LogP contribution in [0.3, 0.4) is 0 Å². The van der Waals surface area contributed by atoms with Gasteiger partial charge in [0.2, 0.25) is 5.82 Å². The Bertz CT molecular complexity index is 694. The van der Waals surface area contributed by atoms with Crippen LogP contribution in [0.1, 0.15) is 4.88 Å². The molecule has 3 aromatic rings. The zero-order chi connectivity index (χ0) is 14.5. The van der Waals surface area contributed by atoms with Gasteiger partial charge in [-0.1, -0.05) is 41.9 Å². The molecule has 0 aliphatic heterocycles. The number of thiophene rings is 1. The number of tetrazole rings is 1. The fraction of sp³-hybridized carbons (Fsp3) is 0.214. The highest BCUT2D eigenvalue weighted by atomic mass is 35.5. The molecule has 7 heteroatoms. The summed E-state index contributed by atoms with van der Waals surface area (Å²) in [5, 5.41) is 15.8. The van der Waals surface area contributed by atoms with E-state index in [1.807, 2.05) is 42.5 Å². The molecule has 21 heavy (non-hydrogen) atoms. The third-order valence-corrected chi connectivity index (χ3v) is 4.13. The van der Waals surface area contributed by atoms with Crippen molar-refractivity contribution in [2.45, 2.75) is 13.1 Å². The Morgan fingerprint density at radius 3 is 2.76 bits per heavy atom. The summed E-state index contributed by atoms with van der Waals surface area (Å²) in [6.07, 6.45) is 0. The lowest BCUT2D eigenvalue weighted by Crippen LogP contribution is -2.20. The van der Waals surface area contributed by atoms with Crippen molar-refractivity contribution in [3.63, 3.8) is 0 Å². The summed E-state index contributed by atoms with van der Waals surface area (Å²) in [4.78, 5) is 2.83. The minimum absolute atomic E-state index is 0.653. The monoisotopic (exact) mass is 319 g/mol. The van der Waals surface area contributed by atoms with Gasteiger partial charge in [-0.15, -0.1) is 21.5 Å². The lowest BCUT2D eigenvalue weighted by molar-refractivity contribution is 0.492. The van der Waals surface area contributed by atoms with Crippen LogP contribution in [0.15, 0.2) is 42.5 Å². The van der Waals surface area contributed by atoms with Crippen LogP contribution in [0, 0.1) is 0 Å². The van der Waals surface area contributed by atoms with E-state index in [4.69, 9.17) is 11.6 Å². The lowest BCUT2D eigenvalue weighted by atomic mass is 10.2. The minimum Gasteiger partial charge on any atom is -0.310 e. The molecular weight excluding hydrogens is 306 g/mol. The molecule has 108 valence electrons. The molecule has 0 saturated heterocycles. The van der Waals surface area contributed by atoms with Crippen LogP contribution >= 0.6 is 22.9 Å². The maximum Gasteiger partial charge on any atom is 0.204 e. The molecule has 0 spiro atoms. The number of halogens is 1. The van der Waals surface area contributed by atoms with Crippen LogP contribution < -0.4 is 5.32 Å².